The Hall–Kier alpha value is -0.0800. The Morgan fingerprint density at radius 1 is 1.31 bits per heavy atom. The van der Waals surface area contributed by atoms with Crippen molar-refractivity contribution in [3.63, 3.8) is 0 Å². The number of morpholine rings is 1. The third-order valence-electron chi connectivity index (χ3n) is 3.57. The van der Waals surface area contributed by atoms with Crippen LogP contribution in [0.4, 0.5) is 0 Å². The smallest absolute Gasteiger partial charge is 0.0698 e. The van der Waals surface area contributed by atoms with Gasteiger partial charge in [-0.3, -0.25) is 0 Å². The van der Waals surface area contributed by atoms with E-state index >= 15 is 0 Å². The molecular weight excluding hydrogens is 162 g/mol. The number of hydrogen-bond donors (Lipinski definition) is 1. The largest absolute Gasteiger partial charge is 0.375 e. The molecule has 1 heterocycles. The van der Waals surface area contributed by atoms with Gasteiger partial charge in [-0.1, -0.05) is 26.2 Å². The van der Waals surface area contributed by atoms with Gasteiger partial charge < -0.3 is 10.1 Å². The fraction of sp³-hybridized carbons (Fsp3) is 1.00. The molecule has 2 rings (SSSR count). The molecule has 13 heavy (non-hydrogen) atoms. The van der Waals surface area contributed by atoms with Crippen LogP contribution in [0.5, 0.6) is 0 Å². The monoisotopic (exact) mass is 183 g/mol. The Balaban J connectivity index is 1.87. The van der Waals surface area contributed by atoms with Crippen LogP contribution in [-0.4, -0.2) is 24.8 Å². The molecular formula is C11H21NO. The molecule has 76 valence electrons. The highest BCUT2D eigenvalue weighted by molar-refractivity contribution is 4.94. The van der Waals surface area contributed by atoms with E-state index in [1.54, 1.807) is 0 Å². The Bertz CT molecular complexity index is 153. The molecule has 2 heteroatoms. The molecule has 2 nitrogen and oxygen atoms in total. The van der Waals surface area contributed by atoms with Crippen molar-refractivity contribution in [3.05, 3.63) is 0 Å². The van der Waals surface area contributed by atoms with Crippen LogP contribution < -0.4 is 5.32 Å². The topological polar surface area (TPSA) is 21.3 Å². The predicted molar refractivity (Wildman–Crippen MR) is 53.8 cm³/mol. The molecule has 2 fully saturated rings. The van der Waals surface area contributed by atoms with Gasteiger partial charge in [-0.15, -0.1) is 0 Å². The van der Waals surface area contributed by atoms with E-state index in [1.807, 2.05) is 0 Å². The number of nitrogens with one attached hydrogen (secondary N) is 1. The second-order valence-electron chi connectivity index (χ2n) is 4.56. The SMILES string of the molecule is CCC1CNC2(CCCCC2)CO1. The Morgan fingerprint density at radius 2 is 2.08 bits per heavy atom. The Morgan fingerprint density at radius 3 is 2.62 bits per heavy atom. The van der Waals surface area contributed by atoms with E-state index in [2.05, 4.69) is 12.2 Å². The molecule has 1 N–H and O–H groups in total. The molecule has 1 saturated carbocycles. The zero-order chi connectivity index (χ0) is 9.15. The van der Waals surface area contributed by atoms with Crippen LogP contribution in [0, 0.1) is 0 Å². The van der Waals surface area contributed by atoms with E-state index in [0.29, 0.717) is 11.6 Å². The minimum Gasteiger partial charge on any atom is -0.375 e. The molecule has 0 aromatic heterocycles. The molecule has 0 aromatic carbocycles. The van der Waals surface area contributed by atoms with Crippen molar-refractivity contribution in [1.29, 1.82) is 0 Å². The molecule has 0 amide bonds. The van der Waals surface area contributed by atoms with Gasteiger partial charge >= 0.3 is 0 Å². The van der Waals surface area contributed by atoms with Crippen molar-refractivity contribution in [3.8, 4) is 0 Å². The minimum absolute atomic E-state index is 0.365. The second-order valence-corrected chi connectivity index (χ2v) is 4.56. The first-order valence-electron chi connectivity index (χ1n) is 5.71. The number of rotatable bonds is 1. The van der Waals surface area contributed by atoms with Crippen molar-refractivity contribution < 1.29 is 4.74 Å². The lowest BCUT2D eigenvalue weighted by molar-refractivity contribution is -0.0460. The van der Waals surface area contributed by atoms with Gasteiger partial charge in [0.1, 0.15) is 0 Å². The van der Waals surface area contributed by atoms with Gasteiger partial charge in [-0.2, -0.15) is 0 Å². The highest BCUT2D eigenvalue weighted by Crippen LogP contribution is 2.30. The van der Waals surface area contributed by atoms with Crippen LogP contribution in [0.15, 0.2) is 0 Å². The van der Waals surface area contributed by atoms with E-state index < -0.39 is 0 Å². The highest BCUT2D eigenvalue weighted by Gasteiger charge is 2.35. The van der Waals surface area contributed by atoms with Crippen LogP contribution in [0.25, 0.3) is 0 Å². The molecule has 1 aliphatic heterocycles. The van der Waals surface area contributed by atoms with Gasteiger partial charge in [0, 0.05) is 12.1 Å². The maximum atomic E-state index is 5.86. The molecule has 1 atom stereocenters. The quantitative estimate of drug-likeness (QED) is 0.672. The lowest BCUT2D eigenvalue weighted by Gasteiger charge is -2.43. The van der Waals surface area contributed by atoms with E-state index in [0.717, 1.165) is 19.6 Å². The molecule has 1 unspecified atom stereocenters. The molecule has 1 aliphatic carbocycles. The van der Waals surface area contributed by atoms with Gasteiger partial charge in [0.05, 0.1) is 12.7 Å². The summed E-state index contributed by atoms with van der Waals surface area (Å²) < 4.78 is 5.86. The minimum atomic E-state index is 0.365. The summed E-state index contributed by atoms with van der Waals surface area (Å²) >= 11 is 0. The summed E-state index contributed by atoms with van der Waals surface area (Å²) in [5, 5.41) is 3.71. The molecule has 0 bridgehead atoms. The first-order valence-corrected chi connectivity index (χ1v) is 5.71. The summed E-state index contributed by atoms with van der Waals surface area (Å²) in [6, 6.07) is 0. The summed E-state index contributed by atoms with van der Waals surface area (Å²) in [4.78, 5) is 0. The van der Waals surface area contributed by atoms with Crippen molar-refractivity contribution in [1.82, 2.24) is 5.32 Å². The van der Waals surface area contributed by atoms with Crippen molar-refractivity contribution >= 4 is 0 Å². The average molecular weight is 183 g/mol. The summed E-state index contributed by atoms with van der Waals surface area (Å²) in [5.74, 6) is 0. The summed E-state index contributed by atoms with van der Waals surface area (Å²) in [6.45, 7) is 4.22. The van der Waals surface area contributed by atoms with Crippen molar-refractivity contribution in [2.45, 2.75) is 57.1 Å². The zero-order valence-corrected chi connectivity index (χ0v) is 8.64. The van der Waals surface area contributed by atoms with E-state index in [9.17, 15) is 0 Å². The zero-order valence-electron chi connectivity index (χ0n) is 8.64. The van der Waals surface area contributed by atoms with Gasteiger partial charge in [-0.05, 0) is 19.3 Å². The fourth-order valence-corrected chi connectivity index (χ4v) is 2.53. The highest BCUT2D eigenvalue weighted by atomic mass is 16.5. The molecule has 1 spiro atoms. The van der Waals surface area contributed by atoms with E-state index in [4.69, 9.17) is 4.74 Å². The molecule has 0 radical (unpaired) electrons. The summed E-state index contributed by atoms with van der Waals surface area (Å²) in [6.07, 6.45) is 8.43. The predicted octanol–water partition coefficient (Wildman–Crippen LogP) is 2.09. The van der Waals surface area contributed by atoms with Gasteiger partial charge in [0.25, 0.3) is 0 Å². The van der Waals surface area contributed by atoms with Crippen LogP contribution in [0.1, 0.15) is 45.4 Å². The van der Waals surface area contributed by atoms with E-state index in [1.165, 1.54) is 32.1 Å². The Kier molecular flexibility index (Phi) is 2.89. The first kappa shape index (κ1) is 9.47. The molecule has 2 aliphatic rings. The second kappa shape index (κ2) is 3.97. The maximum Gasteiger partial charge on any atom is 0.0698 e. The third-order valence-corrected chi connectivity index (χ3v) is 3.57. The van der Waals surface area contributed by atoms with E-state index in [-0.39, 0.29) is 0 Å². The van der Waals surface area contributed by atoms with Crippen LogP contribution in [-0.2, 0) is 4.74 Å². The van der Waals surface area contributed by atoms with Crippen molar-refractivity contribution in [2.75, 3.05) is 13.2 Å². The summed E-state index contributed by atoms with van der Waals surface area (Å²) in [5.41, 5.74) is 0.365. The molecule has 0 aromatic rings. The Labute approximate surface area is 81.0 Å². The van der Waals surface area contributed by atoms with Crippen LogP contribution in [0.3, 0.4) is 0 Å². The number of hydrogen-bond acceptors (Lipinski definition) is 2. The van der Waals surface area contributed by atoms with Crippen LogP contribution in [0.2, 0.25) is 0 Å². The average Bonchev–Trinajstić information content (AvgIpc) is 2.20. The standard InChI is InChI=1S/C11H21NO/c1-2-10-8-12-11(9-13-10)6-4-3-5-7-11/h10,12H,2-9H2,1H3. The van der Waals surface area contributed by atoms with Gasteiger partial charge in [-0.25, -0.2) is 0 Å². The van der Waals surface area contributed by atoms with Crippen molar-refractivity contribution in [2.24, 2.45) is 0 Å². The third kappa shape index (κ3) is 2.05. The normalized spacial score (nSPS) is 33.5. The first-order chi connectivity index (χ1) is 6.35. The fourth-order valence-electron chi connectivity index (χ4n) is 2.53. The lowest BCUT2D eigenvalue weighted by atomic mass is 9.81. The number of ether oxygens (including phenoxy) is 1. The summed E-state index contributed by atoms with van der Waals surface area (Å²) in [7, 11) is 0. The van der Waals surface area contributed by atoms with Gasteiger partial charge in [0.2, 0.25) is 0 Å². The van der Waals surface area contributed by atoms with Gasteiger partial charge in [0.15, 0.2) is 0 Å². The maximum absolute atomic E-state index is 5.86. The van der Waals surface area contributed by atoms with Crippen LogP contribution >= 0.6 is 0 Å². The molecule has 1 saturated heterocycles. The lowest BCUT2D eigenvalue weighted by Crippen LogP contribution is -2.57.